The number of sulfonamides is 1. The van der Waals surface area contributed by atoms with Crippen LogP contribution < -0.4 is 4.90 Å². The zero-order valence-corrected chi connectivity index (χ0v) is 15.7. The standard InChI is InChI=1S/C19H20N4O2S/c1-22(2)26(24,25)18-11-9-15(10-12-18)16-13-20-19(21-14-16)23(3)17-7-5-4-6-8-17/h4-14H,1-3H3. The summed E-state index contributed by atoms with van der Waals surface area (Å²) in [6.45, 7) is 0. The van der Waals surface area contributed by atoms with Crippen molar-refractivity contribution in [1.29, 1.82) is 0 Å². The highest BCUT2D eigenvalue weighted by Gasteiger charge is 2.16. The lowest BCUT2D eigenvalue weighted by molar-refractivity contribution is 0.521. The molecule has 3 rings (SSSR count). The number of benzene rings is 2. The van der Waals surface area contributed by atoms with Crippen LogP contribution in [-0.4, -0.2) is 43.8 Å². The van der Waals surface area contributed by atoms with E-state index in [4.69, 9.17) is 0 Å². The number of hydrogen-bond acceptors (Lipinski definition) is 5. The summed E-state index contributed by atoms with van der Waals surface area (Å²) in [5.41, 5.74) is 2.68. The fourth-order valence-electron chi connectivity index (χ4n) is 2.44. The Morgan fingerprint density at radius 1 is 0.769 bits per heavy atom. The van der Waals surface area contributed by atoms with Crippen LogP contribution in [-0.2, 0) is 10.0 Å². The second-order valence-corrected chi connectivity index (χ2v) is 8.13. The number of anilines is 2. The van der Waals surface area contributed by atoms with E-state index in [0.29, 0.717) is 5.95 Å². The molecule has 0 unspecified atom stereocenters. The number of nitrogens with zero attached hydrogens (tertiary/aromatic N) is 4. The molecule has 26 heavy (non-hydrogen) atoms. The van der Waals surface area contributed by atoms with Gasteiger partial charge in [-0.25, -0.2) is 22.7 Å². The Labute approximate surface area is 153 Å². The highest BCUT2D eigenvalue weighted by atomic mass is 32.2. The van der Waals surface area contributed by atoms with Gasteiger partial charge < -0.3 is 4.90 Å². The Hall–Kier alpha value is -2.77. The summed E-state index contributed by atoms with van der Waals surface area (Å²) in [5.74, 6) is 0.590. The molecule has 0 bridgehead atoms. The molecule has 7 heteroatoms. The largest absolute Gasteiger partial charge is 0.314 e. The van der Waals surface area contributed by atoms with Crippen LogP contribution in [0.1, 0.15) is 0 Å². The third-order valence-electron chi connectivity index (χ3n) is 4.05. The normalized spacial score (nSPS) is 11.5. The molecular formula is C19H20N4O2S. The van der Waals surface area contributed by atoms with Gasteiger partial charge in [0.2, 0.25) is 16.0 Å². The number of hydrogen-bond donors (Lipinski definition) is 0. The maximum Gasteiger partial charge on any atom is 0.242 e. The van der Waals surface area contributed by atoms with Crippen molar-refractivity contribution >= 4 is 21.7 Å². The quantitative estimate of drug-likeness (QED) is 0.692. The smallest absolute Gasteiger partial charge is 0.242 e. The van der Waals surface area contributed by atoms with Crippen molar-refractivity contribution in [3.63, 3.8) is 0 Å². The summed E-state index contributed by atoms with van der Waals surface area (Å²) in [5, 5.41) is 0. The van der Waals surface area contributed by atoms with Crippen LogP contribution in [0.4, 0.5) is 11.6 Å². The first-order valence-electron chi connectivity index (χ1n) is 8.03. The predicted octanol–water partition coefficient (Wildman–Crippen LogP) is 3.16. The van der Waals surface area contributed by atoms with Crippen LogP contribution in [0.2, 0.25) is 0 Å². The second kappa shape index (κ2) is 7.23. The zero-order chi connectivity index (χ0) is 18.7. The lowest BCUT2D eigenvalue weighted by atomic mass is 10.1. The molecule has 3 aromatic rings. The Morgan fingerprint density at radius 3 is 1.88 bits per heavy atom. The molecule has 0 atom stereocenters. The van der Waals surface area contributed by atoms with Gasteiger partial charge in [-0.05, 0) is 29.8 Å². The van der Waals surface area contributed by atoms with Crippen molar-refractivity contribution in [1.82, 2.24) is 14.3 Å². The monoisotopic (exact) mass is 368 g/mol. The molecule has 0 saturated heterocycles. The Kier molecular flexibility index (Phi) is 5.01. The Morgan fingerprint density at radius 2 is 1.35 bits per heavy atom. The maximum absolute atomic E-state index is 12.1. The Bertz CT molecular complexity index is 970. The van der Waals surface area contributed by atoms with Crippen molar-refractivity contribution in [2.24, 2.45) is 0 Å². The first-order valence-corrected chi connectivity index (χ1v) is 9.47. The molecule has 0 amide bonds. The maximum atomic E-state index is 12.1. The minimum absolute atomic E-state index is 0.257. The third kappa shape index (κ3) is 3.58. The van der Waals surface area contributed by atoms with Crippen LogP contribution in [0.15, 0.2) is 71.9 Å². The molecule has 0 spiro atoms. The SMILES string of the molecule is CN(c1ccccc1)c1ncc(-c2ccc(S(=O)(=O)N(C)C)cc2)cn1. The topological polar surface area (TPSA) is 66.4 Å². The van der Waals surface area contributed by atoms with Gasteiger partial charge in [0.1, 0.15) is 0 Å². The van der Waals surface area contributed by atoms with Gasteiger partial charge >= 0.3 is 0 Å². The number of aromatic nitrogens is 2. The van der Waals surface area contributed by atoms with E-state index in [1.165, 1.54) is 18.4 Å². The van der Waals surface area contributed by atoms with E-state index in [9.17, 15) is 8.42 Å². The fraction of sp³-hybridized carbons (Fsp3) is 0.158. The van der Waals surface area contributed by atoms with Gasteiger partial charge in [0.25, 0.3) is 0 Å². The summed E-state index contributed by atoms with van der Waals surface area (Å²) < 4.78 is 25.5. The second-order valence-electron chi connectivity index (χ2n) is 5.98. The average molecular weight is 368 g/mol. The molecule has 2 aromatic carbocycles. The lowest BCUT2D eigenvalue weighted by Gasteiger charge is -2.17. The van der Waals surface area contributed by atoms with E-state index < -0.39 is 10.0 Å². The molecule has 0 aliphatic heterocycles. The van der Waals surface area contributed by atoms with Crippen LogP contribution in [0.25, 0.3) is 11.1 Å². The van der Waals surface area contributed by atoms with Crippen molar-refractivity contribution in [3.05, 3.63) is 67.0 Å². The molecule has 0 fully saturated rings. The van der Waals surface area contributed by atoms with Crippen molar-refractivity contribution in [3.8, 4) is 11.1 Å². The van der Waals surface area contributed by atoms with E-state index in [2.05, 4.69) is 9.97 Å². The van der Waals surface area contributed by atoms with Gasteiger partial charge in [0.05, 0.1) is 4.90 Å². The van der Waals surface area contributed by atoms with Gasteiger partial charge in [-0.15, -0.1) is 0 Å². The molecule has 0 N–H and O–H groups in total. The highest BCUT2D eigenvalue weighted by molar-refractivity contribution is 7.89. The predicted molar refractivity (Wildman–Crippen MR) is 103 cm³/mol. The van der Waals surface area contributed by atoms with Gasteiger partial charge in [-0.3, -0.25) is 0 Å². The van der Waals surface area contributed by atoms with Gasteiger partial charge in [-0.1, -0.05) is 30.3 Å². The van der Waals surface area contributed by atoms with Gasteiger partial charge in [0.15, 0.2) is 0 Å². The van der Waals surface area contributed by atoms with Gasteiger partial charge in [-0.2, -0.15) is 0 Å². The highest BCUT2D eigenvalue weighted by Crippen LogP contribution is 2.24. The van der Waals surface area contributed by atoms with Crippen molar-refractivity contribution < 1.29 is 8.42 Å². The number of para-hydroxylation sites is 1. The zero-order valence-electron chi connectivity index (χ0n) is 14.9. The molecule has 134 valence electrons. The van der Waals surface area contributed by atoms with E-state index in [1.807, 2.05) is 42.3 Å². The summed E-state index contributed by atoms with van der Waals surface area (Å²) in [6, 6.07) is 16.6. The molecule has 0 aliphatic rings. The van der Waals surface area contributed by atoms with Crippen LogP contribution in [0.5, 0.6) is 0 Å². The first-order chi connectivity index (χ1) is 12.4. The van der Waals surface area contributed by atoms with Crippen molar-refractivity contribution in [2.45, 2.75) is 4.90 Å². The summed E-state index contributed by atoms with van der Waals surface area (Å²) >= 11 is 0. The molecule has 0 radical (unpaired) electrons. The van der Waals surface area contributed by atoms with E-state index in [-0.39, 0.29) is 4.90 Å². The molecule has 1 aromatic heterocycles. The van der Waals surface area contributed by atoms with Crippen LogP contribution in [0.3, 0.4) is 0 Å². The van der Waals surface area contributed by atoms with Crippen LogP contribution in [0, 0.1) is 0 Å². The molecule has 0 aliphatic carbocycles. The van der Waals surface area contributed by atoms with Gasteiger partial charge in [0, 0.05) is 44.8 Å². The van der Waals surface area contributed by atoms with E-state index in [1.54, 1.807) is 36.7 Å². The minimum atomic E-state index is -3.43. The molecule has 6 nitrogen and oxygen atoms in total. The van der Waals surface area contributed by atoms with Crippen molar-refractivity contribution in [2.75, 3.05) is 26.0 Å². The average Bonchev–Trinajstić information content (AvgIpc) is 2.68. The van der Waals surface area contributed by atoms with E-state index >= 15 is 0 Å². The minimum Gasteiger partial charge on any atom is -0.314 e. The third-order valence-corrected chi connectivity index (χ3v) is 5.88. The Balaban J connectivity index is 1.83. The lowest BCUT2D eigenvalue weighted by Crippen LogP contribution is -2.22. The summed E-state index contributed by atoms with van der Waals surface area (Å²) in [7, 11) is 1.50. The summed E-state index contributed by atoms with van der Waals surface area (Å²) in [6.07, 6.45) is 3.47. The molecule has 1 heterocycles. The van der Waals surface area contributed by atoms with Crippen LogP contribution >= 0.6 is 0 Å². The fourth-order valence-corrected chi connectivity index (χ4v) is 3.34. The molecular weight excluding hydrogens is 348 g/mol. The van der Waals surface area contributed by atoms with E-state index in [0.717, 1.165) is 16.8 Å². The first kappa shape index (κ1) is 18.0. The number of rotatable bonds is 5. The summed E-state index contributed by atoms with van der Waals surface area (Å²) in [4.78, 5) is 11.0. The molecule has 0 saturated carbocycles.